The van der Waals surface area contributed by atoms with Gasteiger partial charge in [-0.3, -0.25) is 4.55 Å². The van der Waals surface area contributed by atoms with Crippen LogP contribution in [-0.4, -0.2) is 13.0 Å². The third kappa shape index (κ3) is 12.3. The van der Waals surface area contributed by atoms with E-state index in [1.165, 1.54) is 88.1 Å². The SMILES string of the molecule is CCCCCCCCCCCCCCc1cc(S(=O)(=O)O)ccc1Oc1cccc([O-])c1.[Na+]. The molecule has 33 heavy (non-hydrogen) atoms. The van der Waals surface area contributed by atoms with Crippen LogP contribution >= 0.6 is 0 Å². The fourth-order valence-electron chi connectivity index (χ4n) is 3.83. The first kappa shape index (κ1) is 30.0. The molecule has 0 heterocycles. The van der Waals surface area contributed by atoms with Gasteiger partial charge in [0.15, 0.2) is 0 Å². The number of benzene rings is 2. The van der Waals surface area contributed by atoms with Crippen LogP contribution in [0.2, 0.25) is 0 Å². The summed E-state index contributed by atoms with van der Waals surface area (Å²) in [7, 11) is -4.28. The van der Waals surface area contributed by atoms with Gasteiger partial charge in [-0.25, -0.2) is 0 Å². The van der Waals surface area contributed by atoms with E-state index in [1.54, 1.807) is 12.1 Å². The van der Waals surface area contributed by atoms with Crippen molar-refractivity contribution in [3.8, 4) is 17.2 Å². The van der Waals surface area contributed by atoms with Crippen LogP contribution in [0, 0.1) is 0 Å². The Balaban J connectivity index is 0.00000544. The predicted octanol–water partition coefficient (Wildman–Crippen LogP) is 4.05. The standard InChI is InChI=1S/C26H38O5S.Na/c1-2-3-4-5-6-7-8-9-10-11-12-13-15-22-20-25(32(28,29)30)18-19-26(22)31-24-17-14-16-23(27)21-24;/h14,16-21,27H,2-13,15H2,1H3,(H,28,29,30);/q;+1/p-1. The Bertz CT molecular complexity index is 915. The summed E-state index contributed by atoms with van der Waals surface area (Å²) in [6.07, 6.45) is 15.6. The Kier molecular flexibility index (Phi) is 15.0. The van der Waals surface area contributed by atoms with E-state index in [-0.39, 0.29) is 40.2 Å². The number of aryl methyl sites for hydroxylation is 1. The summed E-state index contributed by atoms with van der Waals surface area (Å²) in [5.41, 5.74) is 0.712. The Hall–Kier alpha value is -1.05. The molecular weight excluding hydrogens is 447 g/mol. The van der Waals surface area contributed by atoms with Crippen LogP contribution in [0.25, 0.3) is 0 Å². The van der Waals surface area contributed by atoms with Crippen molar-refractivity contribution in [1.82, 2.24) is 0 Å². The van der Waals surface area contributed by atoms with Gasteiger partial charge in [0, 0.05) is 0 Å². The summed E-state index contributed by atoms with van der Waals surface area (Å²) in [6, 6.07) is 10.5. The molecule has 0 unspecified atom stereocenters. The van der Waals surface area contributed by atoms with E-state index in [1.807, 2.05) is 0 Å². The Morgan fingerprint density at radius 2 is 1.39 bits per heavy atom. The zero-order chi connectivity index (χ0) is 23.2. The van der Waals surface area contributed by atoms with Gasteiger partial charge in [0.2, 0.25) is 0 Å². The van der Waals surface area contributed by atoms with Gasteiger partial charge in [-0.2, -0.15) is 8.42 Å². The Labute approximate surface area is 222 Å². The molecule has 0 amide bonds. The smallest absolute Gasteiger partial charge is 0.872 e. The quantitative estimate of drug-likeness (QED) is 0.221. The van der Waals surface area contributed by atoms with Crippen molar-refractivity contribution in [3.05, 3.63) is 48.0 Å². The molecule has 0 atom stereocenters. The van der Waals surface area contributed by atoms with Crippen molar-refractivity contribution in [2.45, 2.75) is 95.3 Å². The fourth-order valence-corrected chi connectivity index (χ4v) is 4.36. The molecule has 2 rings (SSSR count). The van der Waals surface area contributed by atoms with E-state index >= 15 is 0 Å². The molecule has 2 aromatic rings. The molecule has 0 bridgehead atoms. The normalized spacial score (nSPS) is 11.2. The van der Waals surface area contributed by atoms with Gasteiger partial charge in [-0.05, 0) is 48.7 Å². The largest absolute Gasteiger partial charge is 1.00 e. The van der Waals surface area contributed by atoms with Crippen molar-refractivity contribution >= 4 is 10.1 Å². The third-order valence-corrected chi connectivity index (χ3v) is 6.51. The maximum atomic E-state index is 11.6. The van der Waals surface area contributed by atoms with Crippen LogP contribution in [0.3, 0.4) is 0 Å². The molecular formula is C26H37NaO5S. The maximum absolute atomic E-state index is 11.6. The van der Waals surface area contributed by atoms with Crippen LogP contribution in [0.15, 0.2) is 47.4 Å². The molecule has 0 radical (unpaired) electrons. The summed E-state index contributed by atoms with van der Waals surface area (Å²) in [5.74, 6) is 0.763. The average Bonchev–Trinajstić information content (AvgIpc) is 2.74. The van der Waals surface area contributed by atoms with Crippen LogP contribution in [-0.2, 0) is 16.5 Å². The summed E-state index contributed by atoms with van der Waals surface area (Å²) in [4.78, 5) is -0.142. The zero-order valence-electron chi connectivity index (χ0n) is 20.2. The van der Waals surface area contributed by atoms with Crippen LogP contribution in [0.1, 0.15) is 89.5 Å². The molecule has 0 aromatic heterocycles. The van der Waals surface area contributed by atoms with E-state index in [4.69, 9.17) is 4.74 Å². The van der Waals surface area contributed by atoms with Gasteiger partial charge in [0.1, 0.15) is 11.5 Å². The Morgan fingerprint density at radius 3 is 1.94 bits per heavy atom. The minimum absolute atomic E-state index is 0. The fraction of sp³-hybridized carbons (Fsp3) is 0.538. The second-order valence-corrected chi connectivity index (χ2v) is 9.88. The van der Waals surface area contributed by atoms with Crippen molar-refractivity contribution < 1.29 is 52.4 Å². The molecule has 0 saturated heterocycles. The van der Waals surface area contributed by atoms with Gasteiger partial charge in [-0.1, -0.05) is 89.7 Å². The van der Waals surface area contributed by atoms with Gasteiger partial charge in [0.25, 0.3) is 10.1 Å². The van der Waals surface area contributed by atoms with E-state index in [2.05, 4.69) is 6.92 Å². The number of hydrogen-bond donors (Lipinski definition) is 1. The zero-order valence-corrected chi connectivity index (χ0v) is 23.0. The van der Waals surface area contributed by atoms with E-state index in [9.17, 15) is 18.1 Å². The van der Waals surface area contributed by atoms with Gasteiger partial charge < -0.3 is 9.84 Å². The van der Waals surface area contributed by atoms with E-state index < -0.39 is 10.1 Å². The molecule has 0 aliphatic carbocycles. The summed E-state index contributed by atoms with van der Waals surface area (Å²) in [5, 5.41) is 11.6. The molecule has 0 saturated carbocycles. The minimum Gasteiger partial charge on any atom is -0.872 e. The van der Waals surface area contributed by atoms with Crippen LogP contribution in [0.5, 0.6) is 17.2 Å². The first-order valence-corrected chi connectivity index (χ1v) is 13.4. The average molecular weight is 485 g/mol. The summed E-state index contributed by atoms with van der Waals surface area (Å²) in [6.45, 7) is 2.24. The number of rotatable bonds is 16. The molecule has 0 aliphatic rings. The molecule has 5 nitrogen and oxygen atoms in total. The molecule has 1 N–H and O–H groups in total. The second-order valence-electron chi connectivity index (χ2n) is 8.46. The molecule has 0 spiro atoms. The summed E-state index contributed by atoms with van der Waals surface area (Å²) < 4.78 is 38.3. The van der Waals surface area contributed by atoms with Crippen molar-refractivity contribution in [3.63, 3.8) is 0 Å². The van der Waals surface area contributed by atoms with Gasteiger partial charge in [0.05, 0.1) is 4.90 Å². The number of hydrogen-bond acceptors (Lipinski definition) is 4. The first-order chi connectivity index (χ1) is 15.4. The molecule has 7 heteroatoms. The predicted molar refractivity (Wildman–Crippen MR) is 127 cm³/mol. The van der Waals surface area contributed by atoms with Gasteiger partial charge in [-0.15, -0.1) is 5.75 Å². The van der Waals surface area contributed by atoms with Crippen molar-refractivity contribution in [1.29, 1.82) is 0 Å². The van der Waals surface area contributed by atoms with Gasteiger partial charge >= 0.3 is 29.6 Å². The molecule has 2 aromatic carbocycles. The maximum Gasteiger partial charge on any atom is 1.00 e. The second kappa shape index (κ2) is 16.6. The van der Waals surface area contributed by atoms with Crippen LogP contribution in [0.4, 0.5) is 0 Å². The van der Waals surface area contributed by atoms with Crippen molar-refractivity contribution in [2.24, 2.45) is 0 Å². The van der Waals surface area contributed by atoms with E-state index in [0.29, 0.717) is 23.5 Å². The molecule has 0 fully saturated rings. The van der Waals surface area contributed by atoms with E-state index in [0.717, 1.165) is 19.3 Å². The topological polar surface area (TPSA) is 86.7 Å². The monoisotopic (exact) mass is 484 g/mol. The first-order valence-electron chi connectivity index (χ1n) is 12.0. The Morgan fingerprint density at radius 1 is 0.818 bits per heavy atom. The molecule has 0 aliphatic heterocycles. The van der Waals surface area contributed by atoms with Crippen LogP contribution < -0.4 is 39.4 Å². The number of unbranched alkanes of at least 4 members (excludes halogenated alkanes) is 11. The third-order valence-electron chi connectivity index (χ3n) is 5.66. The number of ether oxygens (including phenoxy) is 1. The summed E-state index contributed by atoms with van der Waals surface area (Å²) >= 11 is 0. The molecule has 178 valence electrons. The minimum atomic E-state index is -4.28. The van der Waals surface area contributed by atoms with Crippen molar-refractivity contribution in [2.75, 3.05) is 0 Å².